The molecule has 0 fully saturated rings. The van der Waals surface area contributed by atoms with Gasteiger partial charge in [0.2, 0.25) is 0 Å². The molecule has 0 aromatic heterocycles. The van der Waals surface area contributed by atoms with Crippen LogP contribution in [-0.4, -0.2) is 23.6 Å². The van der Waals surface area contributed by atoms with E-state index in [9.17, 15) is 28.1 Å². The van der Waals surface area contributed by atoms with Crippen LogP contribution >= 0.6 is 0 Å². The summed E-state index contributed by atoms with van der Waals surface area (Å²) in [4.78, 5) is 21.7. The number of carbonyl (C=O) groups excluding carboxylic acids is 1. The van der Waals surface area contributed by atoms with Crippen molar-refractivity contribution in [1.29, 1.82) is 0 Å². The normalized spacial score (nSPS) is 11.2. The lowest BCUT2D eigenvalue weighted by molar-refractivity contribution is -0.383. The average molecular weight is 305 g/mol. The van der Waals surface area contributed by atoms with Gasteiger partial charge in [-0.15, -0.1) is 0 Å². The second kappa shape index (κ2) is 6.91. The largest absolute Gasteiger partial charge is 0.393 e. The van der Waals surface area contributed by atoms with Crippen molar-refractivity contribution >= 4 is 17.3 Å². The standard InChI is InChI=1S/C12H14F3N3O3/c13-12(14,15)6-1-2-7-17-11(19)8-4-3-5-9(10(8)16)18(20)21/h3-5H,1-2,6-7,16H2,(H,17,19). The Labute approximate surface area is 118 Å². The average Bonchev–Trinajstić information content (AvgIpc) is 2.36. The van der Waals surface area contributed by atoms with Gasteiger partial charge in [-0.25, -0.2) is 0 Å². The number of nitrogens with two attached hydrogens (primary N) is 1. The first-order chi connectivity index (χ1) is 9.72. The van der Waals surface area contributed by atoms with Gasteiger partial charge in [-0.2, -0.15) is 13.2 Å². The van der Waals surface area contributed by atoms with Crippen LogP contribution < -0.4 is 11.1 Å². The fourth-order valence-electron chi connectivity index (χ4n) is 1.66. The maximum atomic E-state index is 11.9. The number of anilines is 1. The van der Waals surface area contributed by atoms with Gasteiger partial charge >= 0.3 is 6.18 Å². The zero-order valence-corrected chi connectivity index (χ0v) is 10.9. The van der Waals surface area contributed by atoms with Gasteiger partial charge < -0.3 is 11.1 Å². The monoisotopic (exact) mass is 305 g/mol. The summed E-state index contributed by atoms with van der Waals surface area (Å²) < 4.78 is 35.7. The second-order valence-corrected chi connectivity index (χ2v) is 4.32. The van der Waals surface area contributed by atoms with E-state index < -0.39 is 23.4 Å². The van der Waals surface area contributed by atoms with E-state index in [1.807, 2.05) is 0 Å². The molecule has 1 aromatic rings. The van der Waals surface area contributed by atoms with Crippen molar-refractivity contribution in [3.63, 3.8) is 0 Å². The molecule has 9 heteroatoms. The molecule has 6 nitrogen and oxygen atoms in total. The Hall–Kier alpha value is -2.32. The summed E-state index contributed by atoms with van der Waals surface area (Å²) in [7, 11) is 0. The molecule has 0 bridgehead atoms. The van der Waals surface area contributed by atoms with Gasteiger partial charge in [0.25, 0.3) is 11.6 Å². The molecular weight excluding hydrogens is 291 g/mol. The molecule has 0 saturated carbocycles. The molecule has 0 aliphatic rings. The molecule has 0 heterocycles. The van der Waals surface area contributed by atoms with Crippen molar-refractivity contribution in [2.45, 2.75) is 25.4 Å². The predicted octanol–water partition coefficient (Wildman–Crippen LogP) is 2.64. The number of nitrogen functional groups attached to an aromatic ring is 1. The summed E-state index contributed by atoms with van der Waals surface area (Å²) >= 11 is 0. The third-order valence-corrected chi connectivity index (χ3v) is 2.70. The van der Waals surface area contributed by atoms with E-state index in [1.165, 1.54) is 12.1 Å². The number of nitrogens with one attached hydrogen (secondary N) is 1. The molecule has 3 N–H and O–H groups in total. The Balaban J connectivity index is 2.53. The molecule has 0 radical (unpaired) electrons. The van der Waals surface area contributed by atoms with E-state index in [2.05, 4.69) is 5.32 Å². The highest BCUT2D eigenvalue weighted by atomic mass is 19.4. The van der Waals surface area contributed by atoms with Crippen molar-refractivity contribution in [3.8, 4) is 0 Å². The van der Waals surface area contributed by atoms with Crippen LogP contribution in [0.2, 0.25) is 0 Å². The molecule has 0 aliphatic carbocycles. The number of nitrogens with zero attached hydrogens (tertiary/aromatic N) is 1. The summed E-state index contributed by atoms with van der Waals surface area (Å²) in [5, 5.41) is 13.1. The van der Waals surface area contributed by atoms with Gasteiger partial charge in [0.1, 0.15) is 5.69 Å². The summed E-state index contributed by atoms with van der Waals surface area (Å²) in [6.07, 6.45) is -5.08. The number of para-hydroxylation sites is 1. The van der Waals surface area contributed by atoms with Crippen LogP contribution in [0.4, 0.5) is 24.5 Å². The molecule has 0 spiro atoms. The van der Waals surface area contributed by atoms with Crippen LogP contribution in [0.15, 0.2) is 18.2 Å². The van der Waals surface area contributed by atoms with Crippen molar-refractivity contribution in [2.75, 3.05) is 12.3 Å². The number of rotatable bonds is 6. The fourth-order valence-corrected chi connectivity index (χ4v) is 1.66. The number of benzene rings is 1. The quantitative estimate of drug-likeness (QED) is 0.365. The number of hydrogen-bond donors (Lipinski definition) is 2. The van der Waals surface area contributed by atoms with Gasteiger partial charge in [0.05, 0.1) is 10.5 Å². The lowest BCUT2D eigenvalue weighted by Gasteiger charge is -2.08. The SMILES string of the molecule is Nc1c(C(=O)NCCCCC(F)(F)F)cccc1[N+](=O)[O-]. The summed E-state index contributed by atoms with van der Waals surface area (Å²) in [6.45, 7) is 0.0387. The molecule has 0 aliphatic heterocycles. The Kier molecular flexibility index (Phi) is 5.51. The highest BCUT2D eigenvalue weighted by Crippen LogP contribution is 2.25. The second-order valence-electron chi connectivity index (χ2n) is 4.32. The minimum Gasteiger partial charge on any atom is -0.393 e. The van der Waals surface area contributed by atoms with Crippen LogP contribution in [0.1, 0.15) is 29.6 Å². The molecule has 116 valence electrons. The van der Waals surface area contributed by atoms with Crippen LogP contribution in [0.5, 0.6) is 0 Å². The van der Waals surface area contributed by atoms with Crippen molar-refractivity contribution < 1.29 is 22.9 Å². The molecule has 0 atom stereocenters. The molecular formula is C12H14F3N3O3. The lowest BCUT2D eigenvalue weighted by Crippen LogP contribution is -2.25. The third kappa shape index (κ3) is 5.28. The maximum absolute atomic E-state index is 11.9. The number of alkyl halides is 3. The van der Waals surface area contributed by atoms with Gasteiger partial charge in [-0.3, -0.25) is 14.9 Å². The first-order valence-electron chi connectivity index (χ1n) is 6.10. The Bertz CT molecular complexity index is 532. The maximum Gasteiger partial charge on any atom is 0.389 e. The van der Waals surface area contributed by atoms with Gasteiger partial charge in [0, 0.05) is 19.0 Å². The minimum atomic E-state index is -4.21. The van der Waals surface area contributed by atoms with Gasteiger partial charge in [-0.05, 0) is 18.9 Å². The number of unbranched alkanes of at least 4 members (excludes halogenated alkanes) is 1. The molecule has 1 rings (SSSR count). The van der Waals surface area contributed by atoms with Crippen LogP contribution in [-0.2, 0) is 0 Å². The highest BCUT2D eigenvalue weighted by molar-refractivity contribution is 6.00. The first kappa shape index (κ1) is 16.7. The van der Waals surface area contributed by atoms with Crippen molar-refractivity contribution in [3.05, 3.63) is 33.9 Å². The number of amides is 1. The molecule has 1 amide bonds. The van der Waals surface area contributed by atoms with Crippen LogP contribution in [0.25, 0.3) is 0 Å². The topological polar surface area (TPSA) is 98.3 Å². The predicted molar refractivity (Wildman–Crippen MR) is 69.7 cm³/mol. The van der Waals surface area contributed by atoms with E-state index in [-0.39, 0.29) is 36.3 Å². The van der Waals surface area contributed by atoms with Crippen molar-refractivity contribution in [2.24, 2.45) is 0 Å². The van der Waals surface area contributed by atoms with E-state index in [1.54, 1.807) is 0 Å². The summed E-state index contributed by atoms with van der Waals surface area (Å²) in [6, 6.07) is 3.79. The van der Waals surface area contributed by atoms with Crippen LogP contribution in [0.3, 0.4) is 0 Å². The van der Waals surface area contributed by atoms with E-state index in [4.69, 9.17) is 5.73 Å². The van der Waals surface area contributed by atoms with Gasteiger partial charge in [-0.1, -0.05) is 6.07 Å². The number of hydrogen-bond acceptors (Lipinski definition) is 4. The van der Waals surface area contributed by atoms with E-state index in [0.717, 1.165) is 6.07 Å². The lowest BCUT2D eigenvalue weighted by atomic mass is 10.1. The number of halogens is 3. The first-order valence-corrected chi connectivity index (χ1v) is 6.10. The number of nitro benzene ring substituents is 1. The fraction of sp³-hybridized carbons (Fsp3) is 0.417. The highest BCUT2D eigenvalue weighted by Gasteiger charge is 2.25. The van der Waals surface area contributed by atoms with E-state index in [0.29, 0.717) is 0 Å². The number of carbonyl (C=O) groups is 1. The molecule has 0 unspecified atom stereocenters. The molecule has 0 saturated heterocycles. The number of nitro groups is 1. The zero-order chi connectivity index (χ0) is 16.0. The van der Waals surface area contributed by atoms with Crippen LogP contribution in [0, 0.1) is 10.1 Å². The third-order valence-electron chi connectivity index (χ3n) is 2.70. The van der Waals surface area contributed by atoms with Crippen molar-refractivity contribution in [1.82, 2.24) is 5.32 Å². The Morgan fingerprint density at radius 3 is 2.57 bits per heavy atom. The summed E-state index contributed by atoms with van der Waals surface area (Å²) in [5.41, 5.74) is 4.79. The zero-order valence-electron chi connectivity index (χ0n) is 10.9. The minimum absolute atomic E-state index is 0.0387. The Morgan fingerprint density at radius 1 is 1.33 bits per heavy atom. The molecule has 21 heavy (non-hydrogen) atoms. The molecule has 1 aromatic carbocycles. The van der Waals surface area contributed by atoms with Gasteiger partial charge in [0.15, 0.2) is 0 Å². The smallest absolute Gasteiger partial charge is 0.389 e. The summed E-state index contributed by atoms with van der Waals surface area (Å²) in [5.74, 6) is -0.650. The Morgan fingerprint density at radius 2 is 2.00 bits per heavy atom. The van der Waals surface area contributed by atoms with E-state index >= 15 is 0 Å².